The number of unbranched alkanes of at least 4 members (excludes halogenated alkanes) is 2. The summed E-state index contributed by atoms with van der Waals surface area (Å²) in [6.45, 7) is 6.00. The number of nitrogens with two attached hydrogens (primary N) is 1. The third-order valence-electron chi connectivity index (χ3n) is 2.53. The zero-order valence-corrected chi connectivity index (χ0v) is 11.0. The van der Waals surface area contributed by atoms with Gasteiger partial charge in [-0.1, -0.05) is 27.2 Å². The third kappa shape index (κ3) is 6.94. The van der Waals surface area contributed by atoms with Gasteiger partial charge >= 0.3 is 5.97 Å². The largest absolute Gasteiger partial charge is 0.480 e. The maximum atomic E-state index is 11.6. The Morgan fingerprint density at radius 2 is 1.82 bits per heavy atom. The topological polar surface area (TPSA) is 92.4 Å². The van der Waals surface area contributed by atoms with Gasteiger partial charge in [0.2, 0.25) is 5.91 Å². The molecule has 17 heavy (non-hydrogen) atoms. The molecule has 5 heteroatoms. The van der Waals surface area contributed by atoms with E-state index in [2.05, 4.69) is 5.32 Å². The Balaban J connectivity index is 4.11. The van der Waals surface area contributed by atoms with Gasteiger partial charge in [-0.25, -0.2) is 4.79 Å². The number of nitrogens with one attached hydrogen (secondary N) is 1. The molecule has 100 valence electrons. The summed E-state index contributed by atoms with van der Waals surface area (Å²) >= 11 is 0. The van der Waals surface area contributed by atoms with Crippen molar-refractivity contribution in [3.05, 3.63) is 0 Å². The van der Waals surface area contributed by atoms with Gasteiger partial charge in [-0.15, -0.1) is 0 Å². The van der Waals surface area contributed by atoms with E-state index in [0.29, 0.717) is 13.0 Å². The highest BCUT2D eigenvalue weighted by atomic mass is 16.4. The maximum Gasteiger partial charge on any atom is 0.326 e. The van der Waals surface area contributed by atoms with Crippen LogP contribution in [0.2, 0.25) is 0 Å². The van der Waals surface area contributed by atoms with Crippen molar-refractivity contribution in [3.8, 4) is 0 Å². The summed E-state index contributed by atoms with van der Waals surface area (Å²) in [7, 11) is 0. The minimum atomic E-state index is -0.993. The molecular weight excluding hydrogens is 220 g/mol. The lowest BCUT2D eigenvalue weighted by molar-refractivity contribution is -0.144. The van der Waals surface area contributed by atoms with Crippen molar-refractivity contribution in [2.24, 2.45) is 11.1 Å². The third-order valence-corrected chi connectivity index (χ3v) is 2.53. The van der Waals surface area contributed by atoms with E-state index in [-0.39, 0.29) is 5.91 Å². The van der Waals surface area contributed by atoms with E-state index < -0.39 is 17.4 Å². The first-order valence-corrected chi connectivity index (χ1v) is 6.01. The van der Waals surface area contributed by atoms with E-state index in [4.69, 9.17) is 10.8 Å². The van der Waals surface area contributed by atoms with Crippen molar-refractivity contribution in [3.63, 3.8) is 0 Å². The SMILES string of the molecule is CC(C)(C)[C@H](NC(=O)CCCCCN)C(=O)O. The van der Waals surface area contributed by atoms with Crippen molar-refractivity contribution >= 4 is 11.9 Å². The number of rotatable bonds is 7. The normalized spacial score (nSPS) is 13.2. The van der Waals surface area contributed by atoms with Crippen LogP contribution in [0.3, 0.4) is 0 Å². The standard InChI is InChI=1S/C12H24N2O3/c1-12(2,3)10(11(16)17)14-9(15)7-5-4-6-8-13/h10H,4-8,13H2,1-3H3,(H,14,15)(H,16,17)/t10-/m1/s1. The Kier molecular flexibility index (Phi) is 6.80. The van der Waals surface area contributed by atoms with Crippen molar-refractivity contribution in [2.45, 2.75) is 52.5 Å². The van der Waals surface area contributed by atoms with Crippen LogP contribution in [0.5, 0.6) is 0 Å². The molecule has 0 heterocycles. The van der Waals surface area contributed by atoms with Crippen molar-refractivity contribution < 1.29 is 14.7 Å². The first-order chi connectivity index (χ1) is 7.79. The smallest absolute Gasteiger partial charge is 0.326 e. The molecular formula is C12H24N2O3. The Morgan fingerprint density at radius 1 is 1.24 bits per heavy atom. The number of aliphatic carboxylic acids is 1. The summed E-state index contributed by atoms with van der Waals surface area (Å²) in [5, 5.41) is 11.6. The number of carbonyl (C=O) groups is 2. The first-order valence-electron chi connectivity index (χ1n) is 6.01. The van der Waals surface area contributed by atoms with E-state index in [1.165, 1.54) is 0 Å². The average molecular weight is 244 g/mol. The Hall–Kier alpha value is -1.10. The highest BCUT2D eigenvalue weighted by Crippen LogP contribution is 2.19. The molecule has 0 aromatic heterocycles. The van der Waals surface area contributed by atoms with E-state index in [9.17, 15) is 9.59 Å². The molecule has 0 saturated heterocycles. The van der Waals surface area contributed by atoms with Crippen molar-refractivity contribution in [1.82, 2.24) is 5.32 Å². The average Bonchev–Trinajstić information content (AvgIpc) is 2.19. The zero-order valence-electron chi connectivity index (χ0n) is 11.0. The molecule has 1 atom stereocenters. The van der Waals surface area contributed by atoms with Gasteiger partial charge in [0.25, 0.3) is 0 Å². The molecule has 1 amide bonds. The number of hydrogen-bond acceptors (Lipinski definition) is 3. The molecule has 0 bridgehead atoms. The molecule has 0 aromatic carbocycles. The van der Waals surface area contributed by atoms with E-state index >= 15 is 0 Å². The zero-order chi connectivity index (χ0) is 13.5. The number of carbonyl (C=O) groups excluding carboxylic acids is 1. The van der Waals surface area contributed by atoms with Crippen LogP contribution in [0.25, 0.3) is 0 Å². The molecule has 0 aromatic rings. The number of carboxylic acids is 1. The highest BCUT2D eigenvalue weighted by molar-refractivity contribution is 5.84. The number of carboxylic acid groups (broad SMARTS) is 1. The van der Waals surface area contributed by atoms with Crippen LogP contribution < -0.4 is 11.1 Å². The van der Waals surface area contributed by atoms with Gasteiger partial charge in [0.15, 0.2) is 0 Å². The molecule has 4 N–H and O–H groups in total. The van der Waals surface area contributed by atoms with E-state index in [1.54, 1.807) is 20.8 Å². The summed E-state index contributed by atoms with van der Waals surface area (Å²) in [4.78, 5) is 22.6. The molecule has 0 fully saturated rings. The van der Waals surface area contributed by atoms with Crippen molar-refractivity contribution in [1.29, 1.82) is 0 Å². The van der Waals surface area contributed by atoms with Crippen LogP contribution in [0.4, 0.5) is 0 Å². The van der Waals surface area contributed by atoms with Crippen LogP contribution in [-0.2, 0) is 9.59 Å². The molecule has 0 aliphatic rings. The lowest BCUT2D eigenvalue weighted by Crippen LogP contribution is -2.49. The fraction of sp³-hybridized carbons (Fsp3) is 0.833. The Labute approximate surface area is 103 Å². The van der Waals surface area contributed by atoms with E-state index in [0.717, 1.165) is 19.3 Å². The maximum absolute atomic E-state index is 11.6. The highest BCUT2D eigenvalue weighted by Gasteiger charge is 2.32. The molecule has 0 aliphatic carbocycles. The minimum absolute atomic E-state index is 0.204. The molecule has 0 radical (unpaired) electrons. The van der Waals surface area contributed by atoms with Gasteiger partial charge < -0.3 is 16.2 Å². The van der Waals surface area contributed by atoms with E-state index in [1.807, 2.05) is 0 Å². The lowest BCUT2D eigenvalue weighted by Gasteiger charge is -2.27. The van der Waals surface area contributed by atoms with Gasteiger partial charge in [0, 0.05) is 6.42 Å². The fourth-order valence-corrected chi connectivity index (χ4v) is 1.49. The second-order valence-corrected chi connectivity index (χ2v) is 5.30. The van der Waals surface area contributed by atoms with Crippen LogP contribution in [0, 0.1) is 5.41 Å². The minimum Gasteiger partial charge on any atom is -0.480 e. The quantitative estimate of drug-likeness (QED) is 0.585. The second-order valence-electron chi connectivity index (χ2n) is 5.30. The van der Waals surface area contributed by atoms with Crippen molar-refractivity contribution in [2.75, 3.05) is 6.54 Å². The van der Waals surface area contributed by atoms with Crippen LogP contribution in [0.1, 0.15) is 46.5 Å². The molecule has 5 nitrogen and oxygen atoms in total. The molecule has 0 unspecified atom stereocenters. The summed E-state index contributed by atoms with van der Waals surface area (Å²) in [5.74, 6) is -1.20. The van der Waals surface area contributed by atoms with Crippen LogP contribution >= 0.6 is 0 Å². The molecule has 0 saturated carbocycles. The van der Waals surface area contributed by atoms with Crippen LogP contribution in [-0.4, -0.2) is 29.6 Å². The summed E-state index contributed by atoms with van der Waals surface area (Å²) in [6, 6.07) is -0.843. The van der Waals surface area contributed by atoms with Gasteiger partial charge in [0.1, 0.15) is 6.04 Å². The first kappa shape index (κ1) is 15.9. The fourth-order valence-electron chi connectivity index (χ4n) is 1.49. The summed E-state index contributed by atoms with van der Waals surface area (Å²) in [5.41, 5.74) is 4.86. The van der Waals surface area contributed by atoms with Gasteiger partial charge in [-0.3, -0.25) is 4.79 Å². The monoisotopic (exact) mass is 244 g/mol. The van der Waals surface area contributed by atoms with Gasteiger partial charge in [0.05, 0.1) is 0 Å². The molecule has 0 aliphatic heterocycles. The second kappa shape index (κ2) is 7.27. The predicted octanol–water partition coefficient (Wildman–Crippen LogP) is 1.12. The Morgan fingerprint density at radius 3 is 2.24 bits per heavy atom. The summed E-state index contributed by atoms with van der Waals surface area (Å²) in [6.07, 6.45) is 2.91. The molecule has 0 spiro atoms. The number of hydrogen-bond donors (Lipinski definition) is 3. The lowest BCUT2D eigenvalue weighted by atomic mass is 9.86. The Bertz CT molecular complexity index is 259. The van der Waals surface area contributed by atoms with Gasteiger partial charge in [-0.2, -0.15) is 0 Å². The van der Waals surface area contributed by atoms with Crippen LogP contribution in [0.15, 0.2) is 0 Å². The van der Waals surface area contributed by atoms with Gasteiger partial charge in [-0.05, 0) is 24.8 Å². The predicted molar refractivity (Wildman–Crippen MR) is 66.5 cm³/mol. The molecule has 0 rings (SSSR count). The summed E-state index contributed by atoms with van der Waals surface area (Å²) < 4.78 is 0. The number of amides is 1.